The fraction of sp³-hybridized carbons (Fsp3) is 0.0909. The Morgan fingerprint density at radius 1 is 1.47 bits per heavy atom. The Kier molecular flexibility index (Phi) is 3.13. The van der Waals surface area contributed by atoms with Crippen molar-refractivity contribution in [3.8, 4) is 17.5 Å². The van der Waals surface area contributed by atoms with Gasteiger partial charge in [0.2, 0.25) is 0 Å². The summed E-state index contributed by atoms with van der Waals surface area (Å²) in [5.74, 6) is 1.02. The van der Waals surface area contributed by atoms with Gasteiger partial charge in [0.05, 0.1) is 12.8 Å². The summed E-state index contributed by atoms with van der Waals surface area (Å²) >= 11 is 6.40. The van der Waals surface area contributed by atoms with E-state index in [1.807, 2.05) is 30.3 Å². The van der Waals surface area contributed by atoms with Gasteiger partial charge in [-0.2, -0.15) is 5.26 Å². The normalized spacial score (nSPS) is 9.88. The number of ether oxygens (including phenoxy) is 1. The molecule has 0 saturated carbocycles. The smallest absolute Gasteiger partial charge is 0.168 e. The topological polar surface area (TPSA) is 64.0 Å². The molecule has 2 N–H and O–H groups in total. The summed E-state index contributed by atoms with van der Waals surface area (Å²) in [5.41, 5.74) is 6.64. The number of nitriles is 1. The van der Waals surface area contributed by atoms with E-state index in [9.17, 15) is 0 Å². The van der Waals surface area contributed by atoms with E-state index < -0.39 is 0 Å². The maximum absolute atomic E-state index is 8.92. The average molecular weight is 263 g/mol. The van der Waals surface area contributed by atoms with Gasteiger partial charge in [-0.3, -0.25) is 4.57 Å². The van der Waals surface area contributed by atoms with Crippen molar-refractivity contribution in [2.75, 3.05) is 12.8 Å². The molecule has 0 radical (unpaired) electrons. The van der Waals surface area contributed by atoms with Crippen LogP contribution in [0, 0.1) is 15.3 Å². The predicted octanol–water partition coefficient (Wildman–Crippen LogP) is 2.73. The fourth-order valence-electron chi connectivity index (χ4n) is 1.51. The average Bonchev–Trinajstić information content (AvgIpc) is 2.64. The van der Waals surface area contributed by atoms with Crippen LogP contribution < -0.4 is 10.5 Å². The fourth-order valence-corrected chi connectivity index (χ4v) is 2.66. The molecule has 0 amide bonds. The van der Waals surface area contributed by atoms with Crippen LogP contribution in [0.5, 0.6) is 5.75 Å². The summed E-state index contributed by atoms with van der Waals surface area (Å²) in [6, 6.07) is 9.42. The molecule has 4 nitrogen and oxygen atoms in total. The van der Waals surface area contributed by atoms with Crippen LogP contribution in [0.3, 0.4) is 0 Å². The van der Waals surface area contributed by atoms with Gasteiger partial charge < -0.3 is 10.5 Å². The number of nitrogen functional groups attached to an aromatic ring is 1. The number of para-hydroxylation sites is 2. The molecule has 1 aromatic heterocycles. The first-order valence-electron chi connectivity index (χ1n) is 4.74. The van der Waals surface area contributed by atoms with Crippen LogP contribution in [0.25, 0.3) is 5.69 Å². The quantitative estimate of drug-likeness (QED) is 0.846. The number of methoxy groups -OCH3 is 1. The lowest BCUT2D eigenvalue weighted by molar-refractivity contribution is 0.413. The Labute approximate surface area is 107 Å². The van der Waals surface area contributed by atoms with Crippen molar-refractivity contribution < 1.29 is 4.74 Å². The second-order valence-electron chi connectivity index (χ2n) is 3.20. The second kappa shape index (κ2) is 4.57. The minimum atomic E-state index is 0.354. The molecular formula is C11H9N3OS2. The van der Waals surface area contributed by atoms with Crippen molar-refractivity contribution in [1.82, 2.24) is 4.57 Å². The third-order valence-corrected chi connectivity index (χ3v) is 3.57. The molecule has 0 bridgehead atoms. The number of rotatable bonds is 2. The summed E-state index contributed by atoms with van der Waals surface area (Å²) in [6.45, 7) is 0. The Hall–Kier alpha value is -1.84. The largest absolute Gasteiger partial charge is 0.495 e. The van der Waals surface area contributed by atoms with E-state index in [0.717, 1.165) is 5.69 Å². The van der Waals surface area contributed by atoms with E-state index in [2.05, 4.69) is 0 Å². The third-order valence-electron chi connectivity index (χ3n) is 2.27. The minimum Gasteiger partial charge on any atom is -0.495 e. The van der Waals surface area contributed by atoms with Crippen molar-refractivity contribution in [1.29, 1.82) is 5.26 Å². The third kappa shape index (κ3) is 1.90. The Balaban J connectivity index is 2.74. The highest BCUT2D eigenvalue weighted by Gasteiger charge is 2.13. The van der Waals surface area contributed by atoms with Crippen molar-refractivity contribution in [3.05, 3.63) is 33.1 Å². The summed E-state index contributed by atoms with van der Waals surface area (Å²) in [4.78, 5) is 0.418. The monoisotopic (exact) mass is 263 g/mol. The summed E-state index contributed by atoms with van der Waals surface area (Å²) < 4.78 is 7.43. The predicted molar refractivity (Wildman–Crippen MR) is 70.2 cm³/mol. The number of thiazole rings is 1. The van der Waals surface area contributed by atoms with Crippen LogP contribution in [0.2, 0.25) is 0 Å². The van der Waals surface area contributed by atoms with E-state index in [-0.39, 0.29) is 0 Å². The van der Waals surface area contributed by atoms with Gasteiger partial charge in [0, 0.05) is 0 Å². The second-order valence-corrected chi connectivity index (χ2v) is 4.85. The van der Waals surface area contributed by atoms with Crippen LogP contribution in [-0.4, -0.2) is 11.7 Å². The number of hydrogen-bond donors (Lipinski definition) is 1. The molecule has 0 aliphatic carbocycles. The number of benzene rings is 1. The highest BCUT2D eigenvalue weighted by molar-refractivity contribution is 7.73. The molecule has 17 heavy (non-hydrogen) atoms. The van der Waals surface area contributed by atoms with Gasteiger partial charge in [0.25, 0.3) is 0 Å². The minimum absolute atomic E-state index is 0.354. The van der Waals surface area contributed by atoms with Crippen molar-refractivity contribution in [2.24, 2.45) is 0 Å². The summed E-state index contributed by atoms with van der Waals surface area (Å²) in [7, 11) is 1.58. The lowest BCUT2D eigenvalue weighted by atomic mass is 10.3. The highest BCUT2D eigenvalue weighted by atomic mass is 32.1. The molecule has 2 aromatic rings. The summed E-state index contributed by atoms with van der Waals surface area (Å²) in [5, 5.41) is 8.92. The van der Waals surface area contributed by atoms with Gasteiger partial charge in [-0.25, -0.2) is 0 Å². The Bertz CT molecular complexity index is 651. The molecular weight excluding hydrogens is 254 g/mol. The zero-order valence-corrected chi connectivity index (χ0v) is 10.6. The molecule has 86 valence electrons. The van der Waals surface area contributed by atoms with Crippen molar-refractivity contribution in [3.63, 3.8) is 0 Å². The van der Waals surface area contributed by atoms with Gasteiger partial charge in [-0.05, 0) is 24.4 Å². The van der Waals surface area contributed by atoms with Crippen LogP contribution in [0.1, 0.15) is 4.88 Å². The highest BCUT2D eigenvalue weighted by Crippen LogP contribution is 2.30. The SMILES string of the molecule is COc1ccccc1-n1c(N)c(C#N)sc1=S. The van der Waals surface area contributed by atoms with Crippen LogP contribution in [0.4, 0.5) is 5.82 Å². The lowest BCUT2D eigenvalue weighted by Gasteiger charge is -2.10. The Morgan fingerprint density at radius 3 is 2.76 bits per heavy atom. The molecule has 0 spiro atoms. The number of anilines is 1. The van der Waals surface area contributed by atoms with Gasteiger partial charge in [-0.15, -0.1) is 0 Å². The first kappa shape index (κ1) is 11.6. The molecule has 0 unspecified atom stereocenters. The van der Waals surface area contributed by atoms with E-state index in [0.29, 0.717) is 20.4 Å². The standard InChI is InChI=1S/C11H9N3OS2/c1-15-8-5-3-2-4-7(8)14-10(13)9(6-12)17-11(14)16/h2-5H,13H2,1H3. The van der Waals surface area contributed by atoms with Gasteiger partial charge in [0.15, 0.2) is 3.95 Å². The molecule has 0 aliphatic heterocycles. The first-order chi connectivity index (χ1) is 8.19. The molecule has 0 fully saturated rings. The van der Waals surface area contributed by atoms with Gasteiger partial charge in [-0.1, -0.05) is 23.5 Å². The number of hydrogen-bond acceptors (Lipinski definition) is 5. The molecule has 0 saturated heterocycles. The van der Waals surface area contributed by atoms with E-state index in [1.165, 1.54) is 11.3 Å². The maximum atomic E-state index is 8.92. The number of aromatic nitrogens is 1. The molecule has 0 aliphatic rings. The zero-order chi connectivity index (χ0) is 12.4. The van der Waals surface area contributed by atoms with Crippen molar-refractivity contribution in [2.45, 2.75) is 0 Å². The van der Waals surface area contributed by atoms with Crippen LogP contribution in [-0.2, 0) is 0 Å². The van der Waals surface area contributed by atoms with Gasteiger partial charge >= 0.3 is 0 Å². The van der Waals surface area contributed by atoms with Crippen molar-refractivity contribution >= 4 is 29.4 Å². The number of nitrogens with two attached hydrogens (primary N) is 1. The van der Waals surface area contributed by atoms with Gasteiger partial charge in [0.1, 0.15) is 22.5 Å². The van der Waals surface area contributed by atoms with E-state index >= 15 is 0 Å². The molecule has 1 aromatic carbocycles. The van der Waals surface area contributed by atoms with E-state index in [4.69, 9.17) is 28.0 Å². The Morgan fingerprint density at radius 2 is 2.18 bits per heavy atom. The van der Waals surface area contributed by atoms with Crippen LogP contribution >= 0.6 is 23.6 Å². The first-order valence-corrected chi connectivity index (χ1v) is 5.96. The molecule has 2 rings (SSSR count). The van der Waals surface area contributed by atoms with Crippen LogP contribution in [0.15, 0.2) is 24.3 Å². The zero-order valence-electron chi connectivity index (χ0n) is 9.01. The molecule has 0 atom stereocenters. The maximum Gasteiger partial charge on any atom is 0.168 e. The number of nitrogens with zero attached hydrogens (tertiary/aromatic N) is 2. The lowest BCUT2D eigenvalue weighted by Crippen LogP contribution is -2.02. The van der Waals surface area contributed by atoms with E-state index in [1.54, 1.807) is 11.7 Å². The molecule has 1 heterocycles. The summed E-state index contributed by atoms with van der Waals surface area (Å²) in [6.07, 6.45) is 0. The molecule has 6 heteroatoms.